The molecule has 1 N–H and O–H groups in total. The Balaban J connectivity index is 2.46. The Labute approximate surface area is 124 Å². The molecule has 0 spiro atoms. The summed E-state index contributed by atoms with van der Waals surface area (Å²) in [4.78, 5) is 0. The zero-order chi connectivity index (χ0) is 15.2. The highest BCUT2D eigenvalue weighted by atomic mass is 32.2. The molecule has 5 nitrogen and oxygen atoms in total. The Morgan fingerprint density at radius 3 is 2.35 bits per heavy atom. The molecule has 1 unspecified atom stereocenters. The maximum absolute atomic E-state index is 12.0. The Kier molecular flexibility index (Phi) is 7.43. The van der Waals surface area contributed by atoms with Gasteiger partial charge in [-0.15, -0.1) is 0 Å². The monoisotopic (exact) mass is 306 g/mol. The molecule has 0 amide bonds. The maximum atomic E-state index is 12.0. The molecule has 1 rings (SSSR count). The Bertz CT molecular complexity index is 363. The number of piperidine rings is 1. The van der Waals surface area contributed by atoms with Crippen molar-refractivity contribution in [1.29, 1.82) is 0 Å². The highest BCUT2D eigenvalue weighted by Crippen LogP contribution is 2.16. The fourth-order valence-corrected chi connectivity index (χ4v) is 4.14. The quantitative estimate of drug-likeness (QED) is 0.737. The highest BCUT2D eigenvalue weighted by Gasteiger charge is 2.28. The van der Waals surface area contributed by atoms with Crippen LogP contribution < -0.4 is 5.32 Å². The van der Waals surface area contributed by atoms with E-state index in [0.717, 1.165) is 12.8 Å². The third-order valence-corrected chi connectivity index (χ3v) is 5.99. The van der Waals surface area contributed by atoms with Gasteiger partial charge in [0.05, 0.1) is 12.4 Å². The van der Waals surface area contributed by atoms with Crippen LogP contribution in [-0.4, -0.2) is 57.4 Å². The third-order valence-electron chi connectivity index (χ3n) is 3.91. The van der Waals surface area contributed by atoms with Gasteiger partial charge < -0.3 is 10.1 Å². The van der Waals surface area contributed by atoms with Crippen LogP contribution >= 0.6 is 0 Å². The number of nitrogens with one attached hydrogen (secondary N) is 1. The molecule has 1 aliphatic rings. The van der Waals surface area contributed by atoms with E-state index in [1.165, 1.54) is 0 Å². The van der Waals surface area contributed by atoms with Gasteiger partial charge in [0.25, 0.3) is 0 Å². The Morgan fingerprint density at radius 1 is 1.30 bits per heavy atom. The summed E-state index contributed by atoms with van der Waals surface area (Å²) in [5.74, 6) is 0.778. The Hall–Kier alpha value is -0.170. The minimum absolute atomic E-state index is 0.267. The normalized spacial score (nSPS) is 20.4. The Morgan fingerprint density at radius 2 is 1.90 bits per heavy atom. The first-order valence-electron chi connectivity index (χ1n) is 7.63. The fourth-order valence-electron chi connectivity index (χ4n) is 2.60. The van der Waals surface area contributed by atoms with Crippen molar-refractivity contribution < 1.29 is 13.2 Å². The minimum atomic E-state index is -3.03. The van der Waals surface area contributed by atoms with E-state index >= 15 is 0 Å². The number of rotatable bonds is 8. The van der Waals surface area contributed by atoms with Crippen LogP contribution in [0, 0.1) is 5.92 Å². The van der Waals surface area contributed by atoms with Crippen LogP contribution in [0.15, 0.2) is 0 Å². The number of methoxy groups -OCH3 is 1. The number of hydrogen-bond donors (Lipinski definition) is 1. The van der Waals surface area contributed by atoms with Crippen LogP contribution in [0.25, 0.3) is 0 Å². The number of sulfonamides is 1. The van der Waals surface area contributed by atoms with Gasteiger partial charge in [-0.3, -0.25) is 0 Å². The lowest BCUT2D eigenvalue weighted by Gasteiger charge is -2.34. The molecule has 20 heavy (non-hydrogen) atoms. The van der Waals surface area contributed by atoms with Crippen LogP contribution in [0.2, 0.25) is 0 Å². The van der Waals surface area contributed by atoms with E-state index in [0.29, 0.717) is 44.1 Å². The highest BCUT2D eigenvalue weighted by molar-refractivity contribution is 7.89. The van der Waals surface area contributed by atoms with E-state index in [9.17, 15) is 8.42 Å². The predicted molar refractivity (Wildman–Crippen MR) is 82.3 cm³/mol. The van der Waals surface area contributed by atoms with Gasteiger partial charge in [0, 0.05) is 32.3 Å². The molecule has 0 radical (unpaired) electrons. The van der Waals surface area contributed by atoms with Gasteiger partial charge in [-0.05, 0) is 25.2 Å². The van der Waals surface area contributed by atoms with E-state index in [-0.39, 0.29) is 5.75 Å². The second-order valence-corrected chi connectivity index (χ2v) is 8.05. The summed E-state index contributed by atoms with van der Waals surface area (Å²) in [5, 5.41) is 3.61. The van der Waals surface area contributed by atoms with Crippen LogP contribution in [0.1, 0.15) is 40.0 Å². The number of ether oxygens (including phenoxy) is 1. The maximum Gasteiger partial charge on any atom is 0.214 e. The molecular formula is C14H30N2O3S. The molecule has 0 bridgehead atoms. The molecule has 1 heterocycles. The van der Waals surface area contributed by atoms with E-state index in [1.54, 1.807) is 11.4 Å². The zero-order valence-electron chi connectivity index (χ0n) is 13.3. The van der Waals surface area contributed by atoms with E-state index in [4.69, 9.17) is 4.74 Å². The topological polar surface area (TPSA) is 58.6 Å². The lowest BCUT2D eigenvalue weighted by atomic mass is 10.0. The van der Waals surface area contributed by atoms with Crippen molar-refractivity contribution in [2.24, 2.45) is 5.92 Å². The second kappa shape index (κ2) is 8.32. The van der Waals surface area contributed by atoms with Crippen molar-refractivity contribution in [2.45, 2.75) is 52.1 Å². The molecule has 0 saturated carbocycles. The molecular weight excluding hydrogens is 276 g/mol. The standard InChI is InChI=1S/C14H30N2O3S/c1-5-10-20(17,18)16-8-6-13(7-9-16)15-14(11-19-4)12(2)3/h12-15H,5-11H2,1-4H3. The van der Waals surface area contributed by atoms with Gasteiger partial charge in [-0.2, -0.15) is 0 Å². The fraction of sp³-hybridized carbons (Fsp3) is 1.00. The second-order valence-electron chi connectivity index (χ2n) is 5.96. The SMILES string of the molecule is CCCS(=O)(=O)N1CCC(NC(COC)C(C)C)CC1. The lowest BCUT2D eigenvalue weighted by molar-refractivity contribution is 0.132. The van der Waals surface area contributed by atoms with Gasteiger partial charge in [0.1, 0.15) is 0 Å². The molecule has 1 fully saturated rings. The largest absolute Gasteiger partial charge is 0.383 e. The van der Waals surface area contributed by atoms with Gasteiger partial charge >= 0.3 is 0 Å². The number of nitrogens with zero attached hydrogens (tertiary/aromatic N) is 1. The first-order valence-corrected chi connectivity index (χ1v) is 9.24. The first kappa shape index (κ1) is 17.9. The molecule has 1 atom stereocenters. The molecule has 1 aliphatic heterocycles. The van der Waals surface area contributed by atoms with Gasteiger partial charge in [-0.1, -0.05) is 20.8 Å². The lowest BCUT2D eigenvalue weighted by Crippen LogP contribution is -2.50. The summed E-state index contributed by atoms with van der Waals surface area (Å²) in [7, 11) is -1.31. The molecule has 1 saturated heterocycles. The van der Waals surface area contributed by atoms with Gasteiger partial charge in [-0.25, -0.2) is 12.7 Å². The van der Waals surface area contributed by atoms with Crippen molar-refractivity contribution in [1.82, 2.24) is 9.62 Å². The summed E-state index contributed by atoms with van der Waals surface area (Å²) >= 11 is 0. The zero-order valence-corrected chi connectivity index (χ0v) is 14.1. The van der Waals surface area contributed by atoms with Crippen LogP contribution in [0.5, 0.6) is 0 Å². The number of hydrogen-bond acceptors (Lipinski definition) is 4. The molecule has 120 valence electrons. The van der Waals surface area contributed by atoms with Crippen LogP contribution in [0.4, 0.5) is 0 Å². The van der Waals surface area contributed by atoms with E-state index < -0.39 is 10.0 Å². The molecule has 0 aromatic heterocycles. The first-order chi connectivity index (χ1) is 9.40. The van der Waals surface area contributed by atoms with E-state index in [2.05, 4.69) is 19.2 Å². The van der Waals surface area contributed by atoms with E-state index in [1.807, 2.05) is 6.92 Å². The van der Waals surface area contributed by atoms with Crippen LogP contribution in [0.3, 0.4) is 0 Å². The predicted octanol–water partition coefficient (Wildman–Crippen LogP) is 1.45. The summed E-state index contributed by atoms with van der Waals surface area (Å²) in [5.41, 5.74) is 0. The third kappa shape index (κ3) is 5.31. The molecule has 0 aromatic carbocycles. The average Bonchev–Trinajstić information content (AvgIpc) is 2.38. The molecule has 0 aliphatic carbocycles. The smallest absolute Gasteiger partial charge is 0.214 e. The van der Waals surface area contributed by atoms with Crippen LogP contribution in [-0.2, 0) is 14.8 Å². The summed E-state index contributed by atoms with van der Waals surface area (Å²) in [6.45, 7) is 8.24. The molecule has 0 aromatic rings. The summed E-state index contributed by atoms with van der Waals surface area (Å²) in [6.07, 6.45) is 2.45. The van der Waals surface area contributed by atoms with Crippen molar-refractivity contribution in [3.63, 3.8) is 0 Å². The van der Waals surface area contributed by atoms with Gasteiger partial charge in [0.2, 0.25) is 10.0 Å². The van der Waals surface area contributed by atoms with Crippen molar-refractivity contribution in [2.75, 3.05) is 32.6 Å². The van der Waals surface area contributed by atoms with Gasteiger partial charge in [0.15, 0.2) is 0 Å². The van der Waals surface area contributed by atoms with Crippen molar-refractivity contribution >= 4 is 10.0 Å². The minimum Gasteiger partial charge on any atom is -0.383 e. The van der Waals surface area contributed by atoms with Crippen molar-refractivity contribution in [3.8, 4) is 0 Å². The summed E-state index contributed by atoms with van der Waals surface area (Å²) < 4.78 is 30.9. The van der Waals surface area contributed by atoms with Crippen molar-refractivity contribution in [3.05, 3.63) is 0 Å². The summed E-state index contributed by atoms with van der Waals surface area (Å²) in [6, 6.07) is 0.731. The average molecular weight is 306 g/mol. The molecule has 6 heteroatoms.